The van der Waals surface area contributed by atoms with Crippen LogP contribution < -0.4 is 14.2 Å². The van der Waals surface area contributed by atoms with Gasteiger partial charge in [-0.2, -0.15) is 0 Å². The van der Waals surface area contributed by atoms with Crippen LogP contribution in [-0.2, 0) is 20.0 Å². The summed E-state index contributed by atoms with van der Waals surface area (Å²) in [6.45, 7) is 3.51. The van der Waals surface area contributed by atoms with E-state index in [4.69, 9.17) is 4.74 Å². The van der Waals surface area contributed by atoms with E-state index in [-0.39, 0.29) is 20.5 Å². The molecule has 0 aliphatic carbocycles. The Hall–Kier alpha value is -2.56. The second-order valence-corrected chi connectivity index (χ2v) is 11.1. The number of thiophene rings is 1. The van der Waals surface area contributed by atoms with Crippen molar-refractivity contribution in [2.45, 2.75) is 23.0 Å². The Labute approximate surface area is 174 Å². The van der Waals surface area contributed by atoms with E-state index in [1.165, 1.54) is 25.3 Å². The number of methoxy groups -OCH3 is 1. The Morgan fingerprint density at radius 2 is 1.52 bits per heavy atom. The lowest BCUT2D eigenvalue weighted by Gasteiger charge is -2.14. The van der Waals surface area contributed by atoms with Gasteiger partial charge in [0.05, 0.1) is 23.4 Å². The zero-order valence-electron chi connectivity index (χ0n) is 16.0. The van der Waals surface area contributed by atoms with Gasteiger partial charge >= 0.3 is 0 Å². The van der Waals surface area contributed by atoms with Crippen LogP contribution in [-0.4, -0.2) is 23.9 Å². The van der Waals surface area contributed by atoms with E-state index in [2.05, 4.69) is 9.44 Å². The first kappa shape index (κ1) is 21.2. The Morgan fingerprint density at radius 3 is 2.17 bits per heavy atom. The molecule has 1 heterocycles. The molecule has 3 aromatic rings. The quantitative estimate of drug-likeness (QED) is 0.565. The van der Waals surface area contributed by atoms with Gasteiger partial charge in [-0.15, -0.1) is 11.3 Å². The number of aryl methyl sites for hydroxylation is 2. The number of anilines is 2. The fraction of sp³-hybridized carbons (Fsp3) is 0.158. The predicted octanol–water partition coefficient (Wildman–Crippen LogP) is 3.98. The Bertz CT molecular complexity index is 1250. The van der Waals surface area contributed by atoms with Crippen LogP contribution in [0.5, 0.6) is 5.75 Å². The maximum atomic E-state index is 12.8. The zero-order chi connectivity index (χ0) is 21.2. The molecule has 154 valence electrons. The summed E-state index contributed by atoms with van der Waals surface area (Å²) in [5.41, 5.74) is 1.07. The van der Waals surface area contributed by atoms with E-state index in [9.17, 15) is 16.8 Å². The molecule has 2 N–H and O–H groups in total. The maximum absolute atomic E-state index is 12.8. The van der Waals surface area contributed by atoms with E-state index < -0.39 is 20.0 Å². The molecule has 0 saturated heterocycles. The minimum atomic E-state index is -3.96. The summed E-state index contributed by atoms with van der Waals surface area (Å²) in [5.74, 6) is 0.372. The smallest absolute Gasteiger partial charge is 0.271 e. The molecule has 0 atom stereocenters. The van der Waals surface area contributed by atoms with Gasteiger partial charge in [0.25, 0.3) is 20.0 Å². The minimum absolute atomic E-state index is 0.0749. The second kappa shape index (κ2) is 8.05. The normalized spacial score (nSPS) is 11.8. The summed E-state index contributed by atoms with van der Waals surface area (Å²) < 4.78 is 61.2. The number of para-hydroxylation sites is 2. The molecule has 0 aliphatic rings. The third-order valence-corrected chi connectivity index (χ3v) is 8.32. The van der Waals surface area contributed by atoms with E-state index in [0.29, 0.717) is 11.3 Å². The van der Waals surface area contributed by atoms with Gasteiger partial charge in [0, 0.05) is 4.88 Å². The zero-order valence-corrected chi connectivity index (χ0v) is 18.4. The molecule has 0 fully saturated rings. The Balaban J connectivity index is 1.94. The molecular formula is C19H20N2O5S3. The van der Waals surface area contributed by atoms with Crippen molar-refractivity contribution in [1.82, 2.24) is 0 Å². The van der Waals surface area contributed by atoms with Crippen molar-refractivity contribution >= 4 is 42.8 Å². The first-order valence-electron chi connectivity index (χ1n) is 8.48. The average molecular weight is 453 g/mol. The standard InChI is InChI=1S/C19H20N2O5S3/c1-13-8-10-15(28(22,23)20-16-6-4-5-7-18(16)26-3)12-17(13)21-29(24,25)19-11-9-14(2)27-19/h4-12,20-21H,1-3H3. The number of hydrogen-bond donors (Lipinski definition) is 2. The summed E-state index contributed by atoms with van der Waals surface area (Å²) in [4.78, 5) is 0.786. The molecule has 29 heavy (non-hydrogen) atoms. The highest BCUT2D eigenvalue weighted by Gasteiger charge is 2.21. The van der Waals surface area contributed by atoms with Crippen molar-refractivity contribution in [2.75, 3.05) is 16.6 Å². The van der Waals surface area contributed by atoms with Crippen molar-refractivity contribution in [2.24, 2.45) is 0 Å². The SMILES string of the molecule is COc1ccccc1NS(=O)(=O)c1ccc(C)c(NS(=O)(=O)c2ccc(C)s2)c1. The molecule has 2 aromatic carbocycles. The van der Waals surface area contributed by atoms with Crippen LogP contribution in [0.1, 0.15) is 10.4 Å². The van der Waals surface area contributed by atoms with Gasteiger partial charge in [0.1, 0.15) is 9.96 Å². The third-order valence-electron chi connectivity index (χ3n) is 4.10. The molecular weight excluding hydrogens is 432 g/mol. The molecule has 0 amide bonds. The van der Waals surface area contributed by atoms with Gasteiger partial charge < -0.3 is 4.74 Å². The maximum Gasteiger partial charge on any atom is 0.271 e. The van der Waals surface area contributed by atoms with Crippen LogP contribution >= 0.6 is 11.3 Å². The molecule has 10 heteroatoms. The van der Waals surface area contributed by atoms with Crippen LogP contribution in [0.3, 0.4) is 0 Å². The molecule has 3 rings (SSSR count). The fourth-order valence-electron chi connectivity index (χ4n) is 2.56. The van der Waals surface area contributed by atoms with E-state index in [0.717, 1.165) is 16.2 Å². The summed E-state index contributed by atoms with van der Waals surface area (Å²) >= 11 is 1.14. The van der Waals surface area contributed by atoms with Crippen LogP contribution in [0, 0.1) is 13.8 Å². The number of benzene rings is 2. The summed E-state index contributed by atoms with van der Waals surface area (Å²) in [7, 11) is -6.33. The van der Waals surface area contributed by atoms with Crippen LogP contribution in [0.4, 0.5) is 11.4 Å². The van der Waals surface area contributed by atoms with Gasteiger partial charge in [-0.25, -0.2) is 16.8 Å². The largest absolute Gasteiger partial charge is 0.495 e. The molecule has 0 unspecified atom stereocenters. The van der Waals surface area contributed by atoms with E-state index in [1.54, 1.807) is 43.3 Å². The second-order valence-electron chi connectivity index (χ2n) is 6.25. The third kappa shape index (κ3) is 4.72. The van der Waals surface area contributed by atoms with Gasteiger partial charge in [0.2, 0.25) is 0 Å². The Morgan fingerprint density at radius 1 is 0.828 bits per heavy atom. The lowest BCUT2D eigenvalue weighted by atomic mass is 10.2. The van der Waals surface area contributed by atoms with Crippen molar-refractivity contribution in [3.8, 4) is 5.75 Å². The molecule has 7 nitrogen and oxygen atoms in total. The summed E-state index contributed by atoms with van der Waals surface area (Å²) in [6.07, 6.45) is 0. The monoisotopic (exact) mass is 452 g/mol. The highest BCUT2D eigenvalue weighted by Crippen LogP contribution is 2.29. The van der Waals surface area contributed by atoms with E-state index >= 15 is 0 Å². The molecule has 0 bridgehead atoms. The molecule has 0 aliphatic heterocycles. The topological polar surface area (TPSA) is 102 Å². The molecule has 0 radical (unpaired) electrons. The minimum Gasteiger partial charge on any atom is -0.495 e. The average Bonchev–Trinajstić information content (AvgIpc) is 3.11. The van der Waals surface area contributed by atoms with Crippen LogP contribution in [0.2, 0.25) is 0 Å². The highest BCUT2D eigenvalue weighted by atomic mass is 32.2. The predicted molar refractivity (Wildman–Crippen MR) is 115 cm³/mol. The van der Waals surface area contributed by atoms with Crippen LogP contribution in [0.25, 0.3) is 0 Å². The fourth-order valence-corrected chi connectivity index (χ4v) is 6.06. The lowest BCUT2D eigenvalue weighted by Crippen LogP contribution is -2.16. The van der Waals surface area contributed by atoms with Gasteiger partial charge in [-0.3, -0.25) is 9.44 Å². The van der Waals surface area contributed by atoms with Crippen molar-refractivity contribution in [3.63, 3.8) is 0 Å². The van der Waals surface area contributed by atoms with Crippen molar-refractivity contribution in [1.29, 1.82) is 0 Å². The van der Waals surface area contributed by atoms with Gasteiger partial charge in [-0.1, -0.05) is 18.2 Å². The number of ether oxygens (including phenoxy) is 1. The highest BCUT2D eigenvalue weighted by molar-refractivity contribution is 7.94. The number of sulfonamides is 2. The molecule has 1 aromatic heterocycles. The van der Waals surface area contributed by atoms with Gasteiger partial charge in [-0.05, 0) is 55.8 Å². The first-order valence-corrected chi connectivity index (χ1v) is 12.3. The number of hydrogen-bond acceptors (Lipinski definition) is 6. The molecule has 0 saturated carbocycles. The number of rotatable bonds is 7. The lowest BCUT2D eigenvalue weighted by molar-refractivity contribution is 0.417. The summed E-state index contributed by atoms with van der Waals surface area (Å²) in [6, 6.07) is 14.1. The van der Waals surface area contributed by atoms with Gasteiger partial charge in [0.15, 0.2) is 0 Å². The number of nitrogens with one attached hydrogen (secondary N) is 2. The molecule has 0 spiro atoms. The van der Waals surface area contributed by atoms with Crippen molar-refractivity contribution < 1.29 is 21.6 Å². The van der Waals surface area contributed by atoms with Crippen LogP contribution in [0.15, 0.2) is 63.7 Å². The van der Waals surface area contributed by atoms with E-state index in [1.807, 2.05) is 6.92 Å². The Kier molecular flexibility index (Phi) is 5.87. The summed E-state index contributed by atoms with van der Waals surface area (Å²) in [5, 5.41) is 0. The van der Waals surface area contributed by atoms with Crippen molar-refractivity contribution in [3.05, 3.63) is 65.0 Å². The first-order chi connectivity index (χ1) is 13.6.